The number of aliphatic hydroxyl groups excluding tert-OH is 1. The van der Waals surface area contributed by atoms with Crippen molar-refractivity contribution >= 4 is 29.9 Å². The Balaban J connectivity index is 0.00000420. The smallest absolute Gasteiger partial charge is 0.387 e. The van der Waals surface area contributed by atoms with Crippen LogP contribution in [0.5, 0.6) is 5.75 Å². The fourth-order valence-electron chi connectivity index (χ4n) is 2.35. The van der Waals surface area contributed by atoms with Crippen LogP contribution < -0.4 is 15.4 Å². The first-order valence-corrected chi connectivity index (χ1v) is 8.58. The molecule has 0 saturated heterocycles. The second-order valence-corrected chi connectivity index (χ2v) is 5.78. The van der Waals surface area contributed by atoms with Gasteiger partial charge in [0.1, 0.15) is 17.4 Å². The molecule has 5 nitrogen and oxygen atoms in total. The van der Waals surface area contributed by atoms with Crippen molar-refractivity contribution in [1.29, 1.82) is 0 Å². The molecule has 2 aromatic rings. The molecule has 3 N–H and O–H groups in total. The summed E-state index contributed by atoms with van der Waals surface area (Å²) in [5, 5.41) is 16.1. The third-order valence-electron chi connectivity index (χ3n) is 3.71. The Morgan fingerprint density at radius 3 is 2.41 bits per heavy atom. The third kappa shape index (κ3) is 8.44. The second-order valence-electron chi connectivity index (χ2n) is 5.78. The highest BCUT2D eigenvalue weighted by molar-refractivity contribution is 14.0. The Kier molecular flexibility index (Phi) is 10.7. The zero-order valence-corrected chi connectivity index (χ0v) is 17.9. The number of ether oxygens (including phenoxy) is 1. The van der Waals surface area contributed by atoms with Crippen LogP contribution in [0.15, 0.2) is 47.5 Å². The summed E-state index contributed by atoms with van der Waals surface area (Å²) in [6, 6.07) is 8.73. The van der Waals surface area contributed by atoms with Crippen LogP contribution in [0.1, 0.15) is 24.2 Å². The van der Waals surface area contributed by atoms with Gasteiger partial charge in [0, 0.05) is 18.7 Å². The minimum atomic E-state index is -2.92. The lowest BCUT2D eigenvalue weighted by Crippen LogP contribution is -2.39. The number of guanidine groups is 1. The van der Waals surface area contributed by atoms with Gasteiger partial charge in [-0.25, -0.2) is 13.8 Å². The molecule has 1 atom stereocenters. The van der Waals surface area contributed by atoms with Crippen LogP contribution in [0.25, 0.3) is 0 Å². The molecule has 0 aliphatic heterocycles. The van der Waals surface area contributed by atoms with E-state index in [1.165, 1.54) is 24.3 Å². The number of hydrogen-bond acceptors (Lipinski definition) is 3. The van der Waals surface area contributed by atoms with E-state index in [1.54, 1.807) is 0 Å². The van der Waals surface area contributed by atoms with Gasteiger partial charge in [-0.15, -0.1) is 24.0 Å². The Morgan fingerprint density at radius 2 is 1.79 bits per heavy atom. The molecule has 0 saturated carbocycles. The molecule has 0 fully saturated rings. The number of hydrogen-bond donors (Lipinski definition) is 3. The van der Waals surface area contributed by atoms with Gasteiger partial charge in [0.25, 0.3) is 0 Å². The summed E-state index contributed by atoms with van der Waals surface area (Å²) in [5.41, 5.74) is 0.591. The van der Waals surface area contributed by atoms with E-state index in [0.717, 1.165) is 18.2 Å². The zero-order chi connectivity index (χ0) is 20.5. The molecule has 0 amide bonds. The predicted octanol–water partition coefficient (Wildman–Crippen LogP) is 3.97. The fourth-order valence-corrected chi connectivity index (χ4v) is 2.35. The van der Waals surface area contributed by atoms with Gasteiger partial charge in [-0.3, -0.25) is 0 Å². The Morgan fingerprint density at radius 1 is 1.10 bits per heavy atom. The number of aliphatic imine (C=N–C) groups is 1. The van der Waals surface area contributed by atoms with Crippen molar-refractivity contribution in [3.8, 4) is 5.75 Å². The molecular formula is C19H22F4IN3O2. The van der Waals surface area contributed by atoms with E-state index in [4.69, 9.17) is 0 Å². The van der Waals surface area contributed by atoms with E-state index in [2.05, 4.69) is 20.4 Å². The quantitative estimate of drug-likeness (QED) is 0.211. The van der Waals surface area contributed by atoms with Crippen molar-refractivity contribution in [2.45, 2.75) is 26.2 Å². The lowest BCUT2D eigenvalue weighted by molar-refractivity contribution is -0.0498. The summed E-state index contributed by atoms with van der Waals surface area (Å²) in [7, 11) is 0. The molecule has 2 rings (SSSR count). The molecule has 1 unspecified atom stereocenters. The van der Waals surface area contributed by atoms with E-state index in [-0.39, 0.29) is 48.4 Å². The molecular weight excluding hydrogens is 505 g/mol. The molecule has 0 aliphatic carbocycles. The lowest BCUT2D eigenvalue weighted by atomic mass is 10.1. The number of nitrogens with zero attached hydrogens (tertiary/aromatic N) is 1. The van der Waals surface area contributed by atoms with E-state index in [0.29, 0.717) is 18.1 Å². The first kappa shape index (κ1) is 25.0. The summed E-state index contributed by atoms with van der Waals surface area (Å²) in [4.78, 5) is 4.17. The number of halogens is 5. The molecule has 29 heavy (non-hydrogen) atoms. The van der Waals surface area contributed by atoms with E-state index >= 15 is 0 Å². The molecule has 0 aromatic heterocycles. The van der Waals surface area contributed by atoms with Crippen LogP contribution in [0.3, 0.4) is 0 Å². The second kappa shape index (κ2) is 12.5. The monoisotopic (exact) mass is 527 g/mol. The average molecular weight is 527 g/mol. The first-order valence-electron chi connectivity index (χ1n) is 8.58. The van der Waals surface area contributed by atoms with Gasteiger partial charge in [0.15, 0.2) is 5.96 Å². The number of rotatable bonds is 8. The molecule has 0 heterocycles. The van der Waals surface area contributed by atoms with Crippen molar-refractivity contribution in [3.63, 3.8) is 0 Å². The van der Waals surface area contributed by atoms with Crippen LogP contribution in [-0.4, -0.2) is 30.8 Å². The van der Waals surface area contributed by atoms with Gasteiger partial charge in [-0.2, -0.15) is 8.78 Å². The van der Waals surface area contributed by atoms with Crippen molar-refractivity contribution in [2.75, 3.05) is 13.1 Å². The topological polar surface area (TPSA) is 65.9 Å². The van der Waals surface area contributed by atoms with Gasteiger partial charge in [-0.1, -0.05) is 12.1 Å². The van der Waals surface area contributed by atoms with E-state index in [1.807, 2.05) is 6.92 Å². The molecule has 2 aromatic carbocycles. The maximum absolute atomic E-state index is 13.7. The van der Waals surface area contributed by atoms with Gasteiger partial charge >= 0.3 is 6.61 Å². The minimum absolute atomic E-state index is 0. The molecule has 0 bridgehead atoms. The predicted molar refractivity (Wildman–Crippen MR) is 113 cm³/mol. The Bertz CT molecular complexity index is 792. The largest absolute Gasteiger partial charge is 0.435 e. The van der Waals surface area contributed by atoms with Crippen molar-refractivity contribution in [3.05, 3.63) is 65.2 Å². The SMILES string of the molecule is CCNC(=NCc1cc(F)ccc1F)NCC(O)c1ccc(OC(F)F)cc1.I. The highest BCUT2D eigenvalue weighted by Gasteiger charge is 2.11. The summed E-state index contributed by atoms with van der Waals surface area (Å²) < 4.78 is 55.5. The zero-order valence-electron chi connectivity index (χ0n) is 15.5. The van der Waals surface area contributed by atoms with Crippen molar-refractivity contribution in [1.82, 2.24) is 10.6 Å². The lowest BCUT2D eigenvalue weighted by Gasteiger charge is -2.16. The average Bonchev–Trinajstić information content (AvgIpc) is 2.66. The van der Waals surface area contributed by atoms with Gasteiger partial charge in [0.2, 0.25) is 0 Å². The highest BCUT2D eigenvalue weighted by Crippen LogP contribution is 2.19. The first-order chi connectivity index (χ1) is 13.4. The van der Waals surface area contributed by atoms with E-state index < -0.39 is 24.3 Å². The number of alkyl halides is 2. The molecule has 10 heteroatoms. The molecule has 0 aliphatic rings. The van der Waals surface area contributed by atoms with Crippen LogP contribution in [-0.2, 0) is 6.54 Å². The Hall–Kier alpha value is -2.08. The normalized spacial score (nSPS) is 12.3. The Labute approximate surface area is 183 Å². The number of benzene rings is 2. The number of aliphatic hydroxyl groups is 1. The van der Waals surface area contributed by atoms with Gasteiger partial charge in [0.05, 0.1) is 12.6 Å². The molecule has 0 spiro atoms. The maximum atomic E-state index is 13.7. The highest BCUT2D eigenvalue weighted by atomic mass is 127. The van der Waals surface area contributed by atoms with E-state index in [9.17, 15) is 22.7 Å². The fraction of sp³-hybridized carbons (Fsp3) is 0.316. The summed E-state index contributed by atoms with van der Waals surface area (Å²) in [5.74, 6) is -0.819. The third-order valence-corrected chi connectivity index (χ3v) is 3.71. The summed E-state index contributed by atoms with van der Waals surface area (Å²) in [6.07, 6.45) is -0.949. The van der Waals surface area contributed by atoms with Gasteiger partial charge in [-0.05, 0) is 42.8 Å². The van der Waals surface area contributed by atoms with Crippen molar-refractivity contribution in [2.24, 2.45) is 4.99 Å². The molecule has 0 radical (unpaired) electrons. The number of nitrogens with one attached hydrogen (secondary N) is 2. The standard InChI is InChI=1S/C19H21F4N3O2.HI/c1-2-24-19(25-10-13-9-14(20)5-8-16(13)21)26-11-17(27)12-3-6-15(7-4-12)28-18(22)23;/h3-9,17-18,27H,2,10-11H2,1H3,(H2,24,25,26);1H. The summed E-state index contributed by atoms with van der Waals surface area (Å²) >= 11 is 0. The van der Waals surface area contributed by atoms with Crippen LogP contribution in [0.2, 0.25) is 0 Å². The maximum Gasteiger partial charge on any atom is 0.387 e. The minimum Gasteiger partial charge on any atom is -0.435 e. The van der Waals surface area contributed by atoms with Crippen molar-refractivity contribution < 1.29 is 27.4 Å². The van der Waals surface area contributed by atoms with Crippen LogP contribution >= 0.6 is 24.0 Å². The van der Waals surface area contributed by atoms with Crippen LogP contribution in [0.4, 0.5) is 17.6 Å². The summed E-state index contributed by atoms with van der Waals surface area (Å²) in [6.45, 7) is -0.591. The molecule has 160 valence electrons. The van der Waals surface area contributed by atoms with Gasteiger partial charge < -0.3 is 20.5 Å². The van der Waals surface area contributed by atoms with Crippen LogP contribution in [0, 0.1) is 11.6 Å².